The predicted octanol–water partition coefficient (Wildman–Crippen LogP) is -0.296. The standard InChI is InChI=1S/C8H9NO3/c1-3(2)6(10)4-5(9)8(12)7(4)11/h3H,9H2,1-2H3. The first-order chi connectivity index (χ1) is 5.46. The molecule has 0 aliphatic heterocycles. The van der Waals surface area contributed by atoms with Crippen molar-refractivity contribution in [2.24, 2.45) is 5.92 Å². The number of rotatable bonds is 2. The number of carbonyl (C=O) groups excluding carboxylic acids is 1. The number of hydrogen-bond donors (Lipinski definition) is 1. The van der Waals surface area contributed by atoms with Crippen LogP contribution in [0.4, 0.5) is 5.69 Å². The fourth-order valence-corrected chi connectivity index (χ4v) is 0.942. The van der Waals surface area contributed by atoms with Crippen molar-refractivity contribution < 1.29 is 4.79 Å². The molecule has 0 aromatic heterocycles. The van der Waals surface area contributed by atoms with E-state index < -0.39 is 10.9 Å². The minimum absolute atomic E-state index is 0.116. The van der Waals surface area contributed by atoms with E-state index in [2.05, 4.69) is 0 Å². The smallest absolute Gasteiger partial charge is 0.250 e. The first kappa shape index (κ1) is 8.64. The first-order valence-electron chi connectivity index (χ1n) is 3.59. The fourth-order valence-electron chi connectivity index (χ4n) is 0.942. The highest BCUT2D eigenvalue weighted by Crippen LogP contribution is 2.09. The van der Waals surface area contributed by atoms with Crippen LogP contribution in [0.15, 0.2) is 9.59 Å². The van der Waals surface area contributed by atoms with Gasteiger partial charge < -0.3 is 5.73 Å². The SMILES string of the molecule is CC(C)C(=O)c1c(N)c(=O)c1=O. The summed E-state index contributed by atoms with van der Waals surface area (Å²) in [6, 6.07) is 0. The quantitative estimate of drug-likeness (QED) is 0.484. The van der Waals surface area contributed by atoms with Crippen molar-refractivity contribution in [1.82, 2.24) is 0 Å². The Labute approximate surface area is 68.7 Å². The Balaban J connectivity index is 3.16. The Morgan fingerprint density at radius 3 is 2.08 bits per heavy atom. The largest absolute Gasteiger partial charge is 0.395 e. The summed E-state index contributed by atoms with van der Waals surface area (Å²) >= 11 is 0. The molecule has 0 radical (unpaired) electrons. The zero-order valence-corrected chi connectivity index (χ0v) is 6.88. The van der Waals surface area contributed by atoms with Crippen molar-refractivity contribution in [2.75, 3.05) is 5.73 Å². The lowest BCUT2D eigenvalue weighted by atomic mass is 9.96. The van der Waals surface area contributed by atoms with Gasteiger partial charge in [0.15, 0.2) is 5.78 Å². The van der Waals surface area contributed by atoms with Gasteiger partial charge in [-0.2, -0.15) is 0 Å². The van der Waals surface area contributed by atoms with Crippen LogP contribution in [0.2, 0.25) is 0 Å². The summed E-state index contributed by atoms with van der Waals surface area (Å²) in [4.78, 5) is 32.6. The van der Waals surface area contributed by atoms with E-state index in [1.54, 1.807) is 13.8 Å². The number of carbonyl (C=O) groups is 1. The van der Waals surface area contributed by atoms with Crippen molar-refractivity contribution in [3.8, 4) is 0 Å². The number of nitrogen functional groups attached to an aromatic ring is 1. The Morgan fingerprint density at radius 1 is 1.25 bits per heavy atom. The van der Waals surface area contributed by atoms with E-state index in [1.165, 1.54) is 0 Å². The molecule has 0 heterocycles. The second-order valence-corrected chi connectivity index (χ2v) is 2.97. The molecule has 0 amide bonds. The summed E-state index contributed by atoms with van der Waals surface area (Å²) in [7, 11) is 0. The minimum Gasteiger partial charge on any atom is -0.395 e. The van der Waals surface area contributed by atoms with Crippen LogP contribution in [0.25, 0.3) is 0 Å². The zero-order valence-electron chi connectivity index (χ0n) is 6.88. The number of ketones is 1. The summed E-state index contributed by atoms with van der Waals surface area (Å²) in [5.74, 6) is -0.646. The Kier molecular flexibility index (Phi) is 1.84. The maximum absolute atomic E-state index is 11.2. The highest BCUT2D eigenvalue weighted by Gasteiger charge is 2.25. The molecule has 1 rings (SSSR count). The molecule has 1 aromatic carbocycles. The second-order valence-electron chi connectivity index (χ2n) is 2.97. The van der Waals surface area contributed by atoms with Gasteiger partial charge >= 0.3 is 0 Å². The van der Waals surface area contributed by atoms with E-state index in [0.29, 0.717) is 0 Å². The van der Waals surface area contributed by atoms with Crippen molar-refractivity contribution in [3.63, 3.8) is 0 Å². The van der Waals surface area contributed by atoms with Gasteiger partial charge in [-0.15, -0.1) is 0 Å². The van der Waals surface area contributed by atoms with Crippen LogP contribution in [0.3, 0.4) is 0 Å². The average Bonchev–Trinajstić information content (AvgIpc) is 2.03. The molecule has 0 aliphatic carbocycles. The van der Waals surface area contributed by atoms with E-state index in [-0.39, 0.29) is 23.0 Å². The Bertz CT molecular complexity index is 396. The maximum Gasteiger partial charge on any atom is 0.250 e. The van der Waals surface area contributed by atoms with Crippen LogP contribution in [-0.2, 0) is 0 Å². The molecule has 12 heavy (non-hydrogen) atoms. The summed E-state index contributed by atoms with van der Waals surface area (Å²) in [6.45, 7) is 3.30. The third-order valence-corrected chi connectivity index (χ3v) is 1.72. The number of anilines is 1. The minimum atomic E-state index is -0.744. The molecule has 0 atom stereocenters. The van der Waals surface area contributed by atoms with E-state index >= 15 is 0 Å². The summed E-state index contributed by atoms with van der Waals surface area (Å²) in [6.07, 6.45) is 0. The third kappa shape index (κ3) is 0.958. The molecule has 0 saturated carbocycles. The van der Waals surface area contributed by atoms with Crippen molar-refractivity contribution in [2.45, 2.75) is 13.8 Å². The first-order valence-corrected chi connectivity index (χ1v) is 3.59. The molecule has 4 heteroatoms. The van der Waals surface area contributed by atoms with Gasteiger partial charge in [0.2, 0.25) is 10.9 Å². The van der Waals surface area contributed by atoms with Crippen molar-refractivity contribution >= 4 is 11.5 Å². The van der Waals surface area contributed by atoms with Crippen LogP contribution in [0, 0.1) is 5.92 Å². The lowest BCUT2D eigenvalue weighted by Gasteiger charge is -2.07. The van der Waals surface area contributed by atoms with Crippen LogP contribution in [0.5, 0.6) is 0 Å². The normalized spacial score (nSPS) is 10.9. The summed E-state index contributed by atoms with van der Waals surface area (Å²) < 4.78 is 0. The maximum atomic E-state index is 11.2. The molecule has 0 bridgehead atoms. The molecular weight excluding hydrogens is 158 g/mol. The van der Waals surface area contributed by atoms with Gasteiger partial charge in [-0.3, -0.25) is 14.4 Å². The van der Waals surface area contributed by atoms with E-state index in [1.807, 2.05) is 0 Å². The summed E-state index contributed by atoms with van der Waals surface area (Å²) in [5.41, 5.74) is 3.41. The lowest BCUT2D eigenvalue weighted by molar-refractivity contribution is 0.0938. The average molecular weight is 167 g/mol. The molecule has 4 nitrogen and oxygen atoms in total. The monoisotopic (exact) mass is 167 g/mol. The Morgan fingerprint density at radius 2 is 1.75 bits per heavy atom. The van der Waals surface area contributed by atoms with E-state index in [4.69, 9.17) is 5.73 Å². The molecule has 0 unspecified atom stereocenters. The molecule has 0 aliphatic rings. The van der Waals surface area contributed by atoms with Crippen molar-refractivity contribution in [1.29, 1.82) is 0 Å². The van der Waals surface area contributed by atoms with Crippen LogP contribution < -0.4 is 16.6 Å². The van der Waals surface area contributed by atoms with Crippen LogP contribution in [-0.4, -0.2) is 5.78 Å². The number of Topliss-reactive ketones (excluding diaryl/α,β-unsaturated/α-hetero) is 1. The van der Waals surface area contributed by atoms with E-state index in [9.17, 15) is 14.4 Å². The van der Waals surface area contributed by atoms with Gasteiger partial charge in [-0.1, -0.05) is 13.8 Å². The van der Waals surface area contributed by atoms with Gasteiger partial charge in [0, 0.05) is 5.92 Å². The van der Waals surface area contributed by atoms with Gasteiger partial charge in [0.25, 0.3) is 0 Å². The zero-order chi connectivity index (χ0) is 9.46. The van der Waals surface area contributed by atoms with Gasteiger partial charge in [0.05, 0.1) is 11.3 Å². The van der Waals surface area contributed by atoms with E-state index in [0.717, 1.165) is 0 Å². The molecular formula is C8H9NO3. The summed E-state index contributed by atoms with van der Waals surface area (Å²) in [5, 5.41) is 0. The van der Waals surface area contributed by atoms with Crippen LogP contribution in [0.1, 0.15) is 24.2 Å². The second kappa shape index (κ2) is 2.55. The molecule has 0 saturated heterocycles. The third-order valence-electron chi connectivity index (χ3n) is 1.72. The molecule has 64 valence electrons. The Hall–Kier alpha value is -1.45. The molecule has 1 aromatic rings. The highest BCUT2D eigenvalue weighted by molar-refractivity contribution is 6.03. The molecule has 2 N–H and O–H groups in total. The van der Waals surface area contributed by atoms with Crippen molar-refractivity contribution in [3.05, 3.63) is 26.0 Å². The van der Waals surface area contributed by atoms with Gasteiger partial charge in [-0.25, -0.2) is 0 Å². The van der Waals surface area contributed by atoms with Gasteiger partial charge in [-0.05, 0) is 0 Å². The fraction of sp³-hybridized carbons (Fsp3) is 0.375. The number of nitrogens with two attached hydrogens (primary N) is 1. The highest BCUT2D eigenvalue weighted by atomic mass is 16.2. The number of hydrogen-bond acceptors (Lipinski definition) is 4. The predicted molar refractivity (Wildman–Crippen MR) is 44.9 cm³/mol. The molecule has 0 fully saturated rings. The van der Waals surface area contributed by atoms with Crippen LogP contribution >= 0.6 is 0 Å². The molecule has 0 spiro atoms. The van der Waals surface area contributed by atoms with Gasteiger partial charge in [0.1, 0.15) is 0 Å². The topological polar surface area (TPSA) is 77.2 Å². The lowest BCUT2D eigenvalue weighted by Crippen LogP contribution is -2.41.